The molecule has 3 rings (SSSR count). The van der Waals surface area contributed by atoms with Crippen LogP contribution in [-0.2, 0) is 17.7 Å². The second-order valence-electron chi connectivity index (χ2n) is 5.12. The first-order valence-corrected chi connectivity index (χ1v) is 6.99. The molecule has 0 saturated carbocycles. The van der Waals surface area contributed by atoms with Gasteiger partial charge in [-0.15, -0.1) is 0 Å². The van der Waals surface area contributed by atoms with E-state index >= 15 is 0 Å². The maximum atomic E-state index is 12.2. The lowest BCUT2D eigenvalue weighted by molar-refractivity contribution is 0.0988. The number of benzene rings is 1. The first-order valence-electron chi connectivity index (χ1n) is 6.61. The van der Waals surface area contributed by atoms with E-state index in [2.05, 4.69) is 4.98 Å². The average Bonchev–Trinajstić information content (AvgIpc) is 2.83. The van der Waals surface area contributed by atoms with E-state index in [0.717, 1.165) is 22.2 Å². The third-order valence-electron chi connectivity index (χ3n) is 3.56. The van der Waals surface area contributed by atoms with Crippen molar-refractivity contribution in [1.82, 2.24) is 4.98 Å². The average molecular weight is 302 g/mol. The molecule has 1 aliphatic heterocycles. The smallest absolute Gasteiger partial charge is 0.423 e. The Labute approximate surface area is 127 Å². The molecule has 2 heterocycles. The second-order valence-corrected chi connectivity index (χ2v) is 5.52. The third-order valence-corrected chi connectivity index (χ3v) is 3.97. The first kappa shape index (κ1) is 14.3. The lowest BCUT2D eigenvalue weighted by Crippen LogP contribution is -2.28. The summed E-state index contributed by atoms with van der Waals surface area (Å²) in [7, 11) is -0.901. The van der Waals surface area contributed by atoms with Crippen molar-refractivity contribution in [2.24, 2.45) is 0 Å². The molecule has 21 heavy (non-hydrogen) atoms. The fourth-order valence-electron chi connectivity index (χ4n) is 2.30. The van der Waals surface area contributed by atoms with E-state index in [9.17, 15) is 9.82 Å². The van der Waals surface area contributed by atoms with Crippen molar-refractivity contribution < 1.29 is 14.5 Å². The number of hydrogen-bond donors (Lipinski definition) is 1. The van der Waals surface area contributed by atoms with Gasteiger partial charge in [0.15, 0.2) is 5.78 Å². The largest absolute Gasteiger partial charge is 0.491 e. The Morgan fingerprint density at radius 3 is 3.05 bits per heavy atom. The van der Waals surface area contributed by atoms with Crippen LogP contribution in [0.1, 0.15) is 27.2 Å². The summed E-state index contributed by atoms with van der Waals surface area (Å²) < 4.78 is 5.14. The highest BCUT2D eigenvalue weighted by Crippen LogP contribution is 2.17. The quantitative estimate of drug-likeness (QED) is 0.692. The maximum absolute atomic E-state index is 12.2. The summed E-state index contributed by atoms with van der Waals surface area (Å²) in [6.45, 7) is 2.24. The number of aryl methyl sites for hydroxylation is 1. The molecule has 0 spiro atoms. The van der Waals surface area contributed by atoms with Crippen molar-refractivity contribution in [3.63, 3.8) is 0 Å². The highest BCUT2D eigenvalue weighted by Gasteiger charge is 2.27. The van der Waals surface area contributed by atoms with Gasteiger partial charge in [0.25, 0.3) is 0 Å². The van der Waals surface area contributed by atoms with Gasteiger partial charge in [0.05, 0.1) is 6.61 Å². The second kappa shape index (κ2) is 5.60. The molecule has 1 aliphatic rings. The van der Waals surface area contributed by atoms with E-state index in [1.165, 1.54) is 0 Å². The lowest BCUT2D eigenvalue weighted by Gasteiger charge is -2.05. The molecule has 0 aliphatic carbocycles. The topological polar surface area (TPSA) is 59.4 Å². The molecule has 0 radical (unpaired) electrons. The van der Waals surface area contributed by atoms with Gasteiger partial charge in [-0.1, -0.05) is 29.8 Å². The zero-order chi connectivity index (χ0) is 15.0. The van der Waals surface area contributed by atoms with E-state index in [-0.39, 0.29) is 12.2 Å². The van der Waals surface area contributed by atoms with Crippen molar-refractivity contribution in [2.45, 2.75) is 20.0 Å². The van der Waals surface area contributed by atoms with E-state index < -0.39 is 7.12 Å². The highest BCUT2D eigenvalue weighted by molar-refractivity contribution is 6.61. The maximum Gasteiger partial charge on any atom is 0.491 e. The normalized spacial score (nSPS) is 13.4. The van der Waals surface area contributed by atoms with Crippen LogP contribution < -0.4 is 5.46 Å². The molecular weight excluding hydrogens is 288 g/mol. The molecule has 1 aromatic heterocycles. The number of Topliss-reactive ketones (excluding diaryl/α,β-unsaturated/α-hetero) is 1. The van der Waals surface area contributed by atoms with Crippen LogP contribution in [0.15, 0.2) is 30.5 Å². The van der Waals surface area contributed by atoms with Crippen molar-refractivity contribution >= 4 is 30.0 Å². The number of carbonyl (C=O) groups excluding carboxylic acids is 1. The van der Waals surface area contributed by atoms with Crippen LogP contribution in [0, 0.1) is 6.92 Å². The summed E-state index contributed by atoms with van der Waals surface area (Å²) >= 11 is 6.01. The summed E-state index contributed by atoms with van der Waals surface area (Å²) in [5, 5.41) is 10.2. The highest BCUT2D eigenvalue weighted by atomic mass is 35.5. The summed E-state index contributed by atoms with van der Waals surface area (Å²) in [5.74, 6) is -0.106. The molecule has 4 nitrogen and oxygen atoms in total. The van der Waals surface area contributed by atoms with Crippen LogP contribution in [0.5, 0.6) is 0 Å². The van der Waals surface area contributed by atoms with Gasteiger partial charge in [0, 0.05) is 17.6 Å². The van der Waals surface area contributed by atoms with Crippen molar-refractivity contribution in [3.05, 3.63) is 57.9 Å². The molecule has 0 fully saturated rings. The van der Waals surface area contributed by atoms with Gasteiger partial charge >= 0.3 is 7.12 Å². The Kier molecular flexibility index (Phi) is 3.80. The van der Waals surface area contributed by atoms with E-state index in [1.807, 2.05) is 19.1 Å². The number of rotatable bonds is 3. The Morgan fingerprint density at radius 1 is 1.48 bits per heavy atom. The molecule has 1 aromatic carbocycles. The molecule has 0 amide bonds. The first-order chi connectivity index (χ1) is 10.0. The molecule has 1 N–H and O–H groups in total. The number of aromatic nitrogens is 1. The number of ketones is 1. The number of nitrogens with zero attached hydrogens (tertiary/aromatic N) is 1. The Balaban J connectivity index is 1.82. The van der Waals surface area contributed by atoms with Crippen LogP contribution in [0.2, 0.25) is 5.02 Å². The Hall–Kier alpha value is -1.69. The van der Waals surface area contributed by atoms with E-state index in [1.54, 1.807) is 18.3 Å². The van der Waals surface area contributed by atoms with E-state index in [4.69, 9.17) is 16.3 Å². The molecule has 2 aromatic rings. The monoisotopic (exact) mass is 301 g/mol. The molecule has 0 saturated heterocycles. The van der Waals surface area contributed by atoms with Crippen molar-refractivity contribution in [1.29, 1.82) is 0 Å². The molecule has 6 heteroatoms. The number of halogens is 1. The van der Waals surface area contributed by atoms with Crippen molar-refractivity contribution in [3.8, 4) is 0 Å². The van der Waals surface area contributed by atoms with Gasteiger partial charge in [0.2, 0.25) is 0 Å². The fourth-order valence-corrected chi connectivity index (χ4v) is 2.45. The minimum atomic E-state index is -0.901. The zero-order valence-corrected chi connectivity index (χ0v) is 12.2. The standard InChI is InChI=1S/C15H13BClNO3/c1-9-7-18-14(6-13(9)17)15(19)5-10-2-3-11-8-21-16(20)12(11)4-10/h2-4,6-7,20H,5,8H2,1H3. The van der Waals surface area contributed by atoms with Gasteiger partial charge in [-0.2, -0.15) is 0 Å². The Morgan fingerprint density at radius 2 is 2.29 bits per heavy atom. The summed E-state index contributed by atoms with van der Waals surface area (Å²) in [6.07, 6.45) is 1.81. The summed E-state index contributed by atoms with van der Waals surface area (Å²) in [4.78, 5) is 16.4. The molecule has 106 valence electrons. The number of pyridine rings is 1. The van der Waals surface area contributed by atoms with Crippen LogP contribution >= 0.6 is 11.6 Å². The lowest BCUT2D eigenvalue weighted by atomic mass is 9.78. The zero-order valence-electron chi connectivity index (χ0n) is 11.5. The van der Waals surface area contributed by atoms with Gasteiger partial charge in [-0.25, -0.2) is 0 Å². The van der Waals surface area contributed by atoms with Crippen LogP contribution in [0.4, 0.5) is 0 Å². The SMILES string of the molecule is Cc1cnc(C(=O)Cc2ccc3c(c2)B(O)OC3)cc1Cl. The summed E-state index contributed by atoms with van der Waals surface area (Å²) in [6, 6.07) is 7.14. The molecular formula is C15H13BClNO3. The minimum Gasteiger partial charge on any atom is -0.423 e. The molecule has 0 atom stereocenters. The number of carbonyl (C=O) groups is 1. The molecule has 0 bridgehead atoms. The van der Waals surface area contributed by atoms with E-state index in [0.29, 0.717) is 17.3 Å². The number of fused-ring (bicyclic) bond motifs is 1. The van der Waals surface area contributed by atoms with Crippen molar-refractivity contribution in [2.75, 3.05) is 0 Å². The van der Waals surface area contributed by atoms with Gasteiger partial charge in [-0.3, -0.25) is 9.78 Å². The van der Waals surface area contributed by atoms with Crippen LogP contribution in [0.3, 0.4) is 0 Å². The third kappa shape index (κ3) is 2.86. The molecule has 0 unspecified atom stereocenters. The predicted molar refractivity (Wildman–Crippen MR) is 80.9 cm³/mol. The van der Waals surface area contributed by atoms with Crippen LogP contribution in [0.25, 0.3) is 0 Å². The summed E-state index contributed by atoms with van der Waals surface area (Å²) in [5.41, 5.74) is 3.70. The van der Waals surface area contributed by atoms with Gasteiger partial charge in [-0.05, 0) is 35.1 Å². The van der Waals surface area contributed by atoms with Gasteiger partial charge < -0.3 is 9.68 Å². The minimum absolute atomic E-state index is 0.106. The van der Waals surface area contributed by atoms with Crippen LogP contribution in [-0.4, -0.2) is 22.9 Å². The fraction of sp³-hybridized carbons (Fsp3) is 0.200. The number of hydrogen-bond acceptors (Lipinski definition) is 4. The predicted octanol–water partition coefficient (Wildman–Crippen LogP) is 1.69. The Bertz CT molecular complexity index is 720. The van der Waals surface area contributed by atoms with Gasteiger partial charge in [0.1, 0.15) is 5.69 Å².